The smallest absolute Gasteiger partial charge is 0.294 e. The molecule has 0 spiro atoms. The largest absolute Gasteiger partial charge is 0.449 e. The van der Waals surface area contributed by atoms with Crippen molar-refractivity contribution >= 4 is 35.2 Å². The normalized spacial score (nSPS) is 13.8. The molecule has 2 amide bonds. The molecule has 0 aromatic heterocycles. The summed E-state index contributed by atoms with van der Waals surface area (Å²) in [4.78, 5) is 27.6. The van der Waals surface area contributed by atoms with Crippen LogP contribution >= 0.6 is 11.6 Å². The van der Waals surface area contributed by atoms with Gasteiger partial charge in [0, 0.05) is 17.1 Å². The molecular weight excluding hydrogens is 472 g/mol. The second-order valence-corrected chi connectivity index (χ2v) is 8.82. The van der Waals surface area contributed by atoms with Crippen molar-refractivity contribution < 1.29 is 14.3 Å². The fourth-order valence-corrected chi connectivity index (χ4v) is 4.08. The Bertz CT molecular complexity index is 1420. The van der Waals surface area contributed by atoms with Crippen molar-refractivity contribution in [3.05, 3.63) is 136 Å². The molecule has 0 bridgehead atoms. The van der Waals surface area contributed by atoms with E-state index >= 15 is 0 Å². The molecule has 1 heterocycles. The summed E-state index contributed by atoms with van der Waals surface area (Å²) in [5.74, 6) is 0.414. The Morgan fingerprint density at radius 1 is 0.833 bits per heavy atom. The third-order valence-corrected chi connectivity index (χ3v) is 6.10. The second-order valence-electron chi connectivity index (χ2n) is 8.39. The molecule has 0 aliphatic carbocycles. The maximum Gasteiger partial charge on any atom is 0.294 e. The topological polar surface area (TPSA) is 58.6 Å². The van der Waals surface area contributed by atoms with Gasteiger partial charge in [0.15, 0.2) is 11.5 Å². The van der Waals surface area contributed by atoms with Gasteiger partial charge in [-0.15, -0.1) is 0 Å². The molecule has 5 nitrogen and oxygen atoms in total. The number of hydrogen-bond donors (Lipinski definition) is 1. The van der Waals surface area contributed by atoms with Gasteiger partial charge < -0.3 is 10.1 Å². The van der Waals surface area contributed by atoms with Crippen LogP contribution in [0.2, 0.25) is 5.02 Å². The number of amides is 2. The number of anilines is 1. The third kappa shape index (κ3) is 5.32. The van der Waals surface area contributed by atoms with E-state index in [0.717, 1.165) is 16.7 Å². The summed E-state index contributed by atoms with van der Waals surface area (Å²) in [6.07, 6.45) is 1.69. The first kappa shape index (κ1) is 23.4. The Kier molecular flexibility index (Phi) is 6.83. The average molecular weight is 495 g/mol. The van der Waals surface area contributed by atoms with Crippen molar-refractivity contribution in [1.82, 2.24) is 5.32 Å². The van der Waals surface area contributed by atoms with Gasteiger partial charge in [0.05, 0.1) is 12.2 Å². The molecule has 1 N–H and O–H groups in total. The average Bonchev–Trinajstić information content (AvgIpc) is 2.92. The number of hydrogen-bond acceptors (Lipinski definition) is 3. The Labute approximate surface area is 214 Å². The molecule has 36 heavy (non-hydrogen) atoms. The highest BCUT2D eigenvalue weighted by Crippen LogP contribution is 2.36. The van der Waals surface area contributed by atoms with Crippen LogP contribution in [-0.4, -0.2) is 11.8 Å². The van der Waals surface area contributed by atoms with Crippen LogP contribution in [0.15, 0.2) is 109 Å². The standard InChI is InChI=1S/C30H23ClN2O3/c31-25-16-12-23(13-17-25)20-33-26-8-4-5-9-27(26)36-28(30(33)35)18-21-10-14-24(15-11-21)29(34)32-19-22-6-2-1-3-7-22/h1-18H,19-20H2,(H,32,34)/b28-18-. The zero-order valence-electron chi connectivity index (χ0n) is 19.4. The molecule has 1 aliphatic rings. The first-order valence-corrected chi connectivity index (χ1v) is 11.9. The summed E-state index contributed by atoms with van der Waals surface area (Å²) in [6, 6.07) is 31.7. The number of benzene rings is 4. The predicted molar refractivity (Wildman–Crippen MR) is 142 cm³/mol. The van der Waals surface area contributed by atoms with E-state index in [1.165, 1.54) is 0 Å². The lowest BCUT2D eigenvalue weighted by Crippen LogP contribution is -2.36. The molecule has 178 valence electrons. The first-order valence-electron chi connectivity index (χ1n) is 11.5. The van der Waals surface area contributed by atoms with Gasteiger partial charge in [-0.1, -0.05) is 78.3 Å². The van der Waals surface area contributed by atoms with Gasteiger partial charge in [-0.3, -0.25) is 14.5 Å². The van der Waals surface area contributed by atoms with E-state index < -0.39 is 0 Å². The number of carbonyl (C=O) groups excluding carboxylic acids is 2. The Balaban J connectivity index is 1.34. The lowest BCUT2D eigenvalue weighted by molar-refractivity contribution is -0.117. The van der Waals surface area contributed by atoms with Crippen molar-refractivity contribution in [3.63, 3.8) is 0 Å². The molecule has 4 aromatic rings. The Morgan fingerprint density at radius 2 is 1.53 bits per heavy atom. The highest BCUT2D eigenvalue weighted by molar-refractivity contribution is 6.30. The third-order valence-electron chi connectivity index (χ3n) is 5.85. The first-order chi connectivity index (χ1) is 17.6. The number of nitrogens with zero attached hydrogens (tertiary/aromatic N) is 1. The van der Waals surface area contributed by atoms with E-state index in [1.807, 2.05) is 78.9 Å². The number of ether oxygens (including phenoxy) is 1. The molecule has 0 saturated carbocycles. The van der Waals surface area contributed by atoms with Gasteiger partial charge in [0.2, 0.25) is 0 Å². The van der Waals surface area contributed by atoms with Crippen LogP contribution in [-0.2, 0) is 17.9 Å². The minimum Gasteiger partial charge on any atom is -0.449 e. The molecule has 0 atom stereocenters. The van der Waals surface area contributed by atoms with Crippen molar-refractivity contribution in [2.24, 2.45) is 0 Å². The monoisotopic (exact) mass is 494 g/mol. The van der Waals surface area contributed by atoms with Gasteiger partial charge in [-0.2, -0.15) is 0 Å². The Morgan fingerprint density at radius 3 is 2.28 bits per heavy atom. The molecule has 1 aliphatic heterocycles. The van der Waals surface area contributed by atoms with Crippen molar-refractivity contribution in [2.45, 2.75) is 13.1 Å². The molecule has 5 rings (SSSR count). The molecule has 6 heteroatoms. The van der Waals surface area contributed by atoms with Crippen LogP contribution in [0, 0.1) is 0 Å². The van der Waals surface area contributed by atoms with Gasteiger partial charge in [0.1, 0.15) is 0 Å². The number of carbonyl (C=O) groups is 2. The zero-order chi connectivity index (χ0) is 24.9. The summed E-state index contributed by atoms with van der Waals surface area (Å²) in [5, 5.41) is 3.56. The van der Waals surface area contributed by atoms with Crippen LogP contribution in [0.5, 0.6) is 5.75 Å². The number of nitrogens with one attached hydrogen (secondary N) is 1. The number of rotatable bonds is 6. The maximum atomic E-state index is 13.4. The van der Waals surface area contributed by atoms with E-state index in [-0.39, 0.29) is 17.6 Å². The van der Waals surface area contributed by atoms with Gasteiger partial charge >= 0.3 is 0 Å². The number of para-hydroxylation sites is 2. The Hall–Kier alpha value is -4.35. The molecule has 4 aromatic carbocycles. The van der Waals surface area contributed by atoms with Crippen LogP contribution in [0.4, 0.5) is 5.69 Å². The lowest BCUT2D eigenvalue weighted by Gasteiger charge is -2.30. The molecule has 0 unspecified atom stereocenters. The second kappa shape index (κ2) is 10.5. The van der Waals surface area contributed by atoms with E-state index in [2.05, 4.69) is 5.32 Å². The summed E-state index contributed by atoms with van der Waals surface area (Å²) in [5.41, 5.74) is 3.99. The highest BCUT2D eigenvalue weighted by atomic mass is 35.5. The molecule has 0 radical (unpaired) electrons. The molecule has 0 fully saturated rings. The maximum absolute atomic E-state index is 13.4. The fraction of sp³-hybridized carbons (Fsp3) is 0.0667. The van der Waals surface area contributed by atoms with Gasteiger partial charge in [-0.05, 0) is 59.2 Å². The fourth-order valence-electron chi connectivity index (χ4n) is 3.95. The molecular formula is C30H23ClN2O3. The summed E-state index contributed by atoms with van der Waals surface area (Å²) in [6.45, 7) is 0.838. The van der Waals surface area contributed by atoms with Crippen LogP contribution in [0.3, 0.4) is 0 Å². The summed E-state index contributed by atoms with van der Waals surface area (Å²) >= 11 is 6.02. The van der Waals surface area contributed by atoms with Crippen LogP contribution in [0.25, 0.3) is 6.08 Å². The molecule has 0 saturated heterocycles. The van der Waals surface area contributed by atoms with Crippen molar-refractivity contribution in [3.8, 4) is 5.75 Å². The quantitative estimate of drug-likeness (QED) is 0.323. The van der Waals surface area contributed by atoms with Crippen LogP contribution < -0.4 is 15.0 Å². The van der Waals surface area contributed by atoms with E-state index in [1.54, 1.807) is 35.2 Å². The SMILES string of the molecule is O=C(NCc1ccccc1)c1ccc(/C=C2\Oc3ccccc3N(Cc3ccc(Cl)cc3)C2=O)cc1. The van der Waals surface area contributed by atoms with Crippen LogP contribution in [0.1, 0.15) is 27.0 Å². The minimum absolute atomic E-state index is 0.161. The van der Waals surface area contributed by atoms with Gasteiger partial charge in [-0.25, -0.2) is 0 Å². The van der Waals surface area contributed by atoms with E-state index in [0.29, 0.717) is 35.1 Å². The summed E-state index contributed by atoms with van der Waals surface area (Å²) < 4.78 is 5.97. The zero-order valence-corrected chi connectivity index (χ0v) is 20.1. The van der Waals surface area contributed by atoms with E-state index in [4.69, 9.17) is 16.3 Å². The number of halogens is 1. The summed E-state index contributed by atoms with van der Waals surface area (Å²) in [7, 11) is 0. The van der Waals surface area contributed by atoms with Crippen molar-refractivity contribution in [1.29, 1.82) is 0 Å². The van der Waals surface area contributed by atoms with Crippen molar-refractivity contribution in [2.75, 3.05) is 4.90 Å². The predicted octanol–water partition coefficient (Wildman–Crippen LogP) is 6.24. The minimum atomic E-state index is -0.242. The van der Waals surface area contributed by atoms with E-state index in [9.17, 15) is 9.59 Å². The number of fused-ring (bicyclic) bond motifs is 1. The highest BCUT2D eigenvalue weighted by Gasteiger charge is 2.30. The van der Waals surface area contributed by atoms with Gasteiger partial charge in [0.25, 0.3) is 11.8 Å². The lowest BCUT2D eigenvalue weighted by atomic mass is 10.1.